The first kappa shape index (κ1) is 73.9. The Morgan fingerprint density at radius 1 is 0.555 bits per heavy atom. The van der Waals surface area contributed by atoms with E-state index in [2.05, 4.69) is 164 Å². The molecule has 2 aromatic heterocycles. The van der Waals surface area contributed by atoms with Gasteiger partial charge in [0, 0.05) is 64.9 Å². The number of H-pyrrole nitrogens is 2. The van der Waals surface area contributed by atoms with Gasteiger partial charge in [-0.05, 0) is 246 Å². The molecule has 0 unspecified atom stereocenters. The Bertz CT molecular complexity index is 5000. The molecule has 0 radical (unpaired) electrons. The van der Waals surface area contributed by atoms with E-state index in [1.807, 2.05) is 40.1 Å². The van der Waals surface area contributed by atoms with Crippen LogP contribution >= 0.6 is 15.9 Å². The van der Waals surface area contributed by atoms with Gasteiger partial charge < -0.3 is 58.7 Å². The van der Waals surface area contributed by atoms with E-state index in [9.17, 15) is 19.2 Å². The van der Waals surface area contributed by atoms with Crippen LogP contribution in [0.4, 0.5) is 21.0 Å². The summed E-state index contributed by atoms with van der Waals surface area (Å²) in [6, 6.07) is 29.4. The molecule has 20 nitrogen and oxygen atoms in total. The maximum Gasteiger partial charge on any atom is 0.494 e. The van der Waals surface area contributed by atoms with Crippen LogP contribution in [0.25, 0.3) is 55.1 Å². The van der Waals surface area contributed by atoms with E-state index in [0.29, 0.717) is 49.7 Å². The number of carbonyl (C=O) groups excluding carboxylic acids is 4. The number of aliphatic imine (C=N–C) groups is 2. The fraction of sp³-hybridized carbons (Fsp3) is 0.500. The number of nitrogens with one attached hydrogen (secondary N) is 4. The van der Waals surface area contributed by atoms with E-state index in [1.54, 1.807) is 0 Å². The van der Waals surface area contributed by atoms with Crippen LogP contribution in [0.5, 0.6) is 11.5 Å². The Kier molecular flexibility index (Phi) is 19.9. The molecular formula is C88H102BBrN10O10. The van der Waals surface area contributed by atoms with Crippen molar-refractivity contribution in [2.45, 2.75) is 243 Å². The number of fused-ring (bicyclic) bond motifs is 14. The summed E-state index contributed by atoms with van der Waals surface area (Å²) in [4.78, 5) is 83.3. The molecule has 19 rings (SSSR count). The Morgan fingerprint density at radius 3 is 1.50 bits per heavy atom. The van der Waals surface area contributed by atoms with Gasteiger partial charge in [0.05, 0.1) is 67.0 Å². The average Bonchev–Trinajstić information content (AvgIpc) is 1.48. The summed E-state index contributed by atoms with van der Waals surface area (Å²) in [5.41, 5.74) is 15.6. The number of imidazole rings is 2. The maximum absolute atomic E-state index is 14.2. The number of likely N-dealkylation sites (tertiary alicyclic amines) is 2. The fourth-order valence-corrected chi connectivity index (χ4v) is 20.2. The molecule has 7 aliphatic heterocycles. The summed E-state index contributed by atoms with van der Waals surface area (Å²) in [6.45, 7) is 17.1. The Balaban J connectivity index is 0.000000140. The lowest BCUT2D eigenvalue weighted by Gasteiger charge is -2.34. The van der Waals surface area contributed by atoms with Crippen LogP contribution in [0.15, 0.2) is 112 Å². The van der Waals surface area contributed by atoms with Crippen molar-refractivity contribution < 1.29 is 47.4 Å². The smallest absolute Gasteiger partial charge is 0.488 e. The van der Waals surface area contributed by atoms with Gasteiger partial charge in [-0.2, -0.15) is 0 Å². The highest BCUT2D eigenvalue weighted by Gasteiger charge is 2.54. The number of alkyl carbamates (subject to hydrolysis) is 2. The molecule has 110 heavy (non-hydrogen) atoms. The molecule has 8 aromatic rings. The molecule has 0 bridgehead atoms. The third-order valence-corrected chi connectivity index (χ3v) is 26.9. The van der Waals surface area contributed by atoms with Crippen LogP contribution in [-0.2, 0) is 54.4 Å². The highest BCUT2D eigenvalue weighted by molar-refractivity contribution is 9.10. The van der Waals surface area contributed by atoms with Gasteiger partial charge in [-0.1, -0.05) is 96.6 Å². The average molecular weight is 1550 g/mol. The molecule has 6 aromatic carbocycles. The predicted octanol–water partition coefficient (Wildman–Crippen LogP) is 17.5. The monoisotopic (exact) mass is 1550 g/mol. The van der Waals surface area contributed by atoms with Gasteiger partial charge in [-0.3, -0.25) is 19.6 Å². The van der Waals surface area contributed by atoms with Gasteiger partial charge >= 0.3 is 19.3 Å². The zero-order chi connectivity index (χ0) is 76.2. The molecule has 3 saturated heterocycles. The minimum atomic E-state index is -0.651. The lowest BCUT2D eigenvalue weighted by atomic mass is 9.77. The van der Waals surface area contributed by atoms with Crippen molar-refractivity contribution in [1.29, 1.82) is 0 Å². The van der Waals surface area contributed by atoms with E-state index in [1.165, 1.54) is 110 Å². The number of ether oxygens (including phenoxy) is 4. The number of aromatic amines is 2. The summed E-state index contributed by atoms with van der Waals surface area (Å²) < 4.78 is 36.1. The number of hydrogen-bond acceptors (Lipinski definition) is 14. The summed E-state index contributed by atoms with van der Waals surface area (Å²) in [5, 5.41) is 10.4. The molecule has 4 N–H and O–H groups in total. The van der Waals surface area contributed by atoms with Gasteiger partial charge in [-0.25, -0.2) is 19.6 Å². The Labute approximate surface area is 653 Å². The number of carbonyl (C=O) groups is 4. The van der Waals surface area contributed by atoms with Gasteiger partial charge in [0.2, 0.25) is 11.8 Å². The SMILES string of the molecule is Brc1cnc(C2CCCC2)[nH]1.COC(=O)N[C@H](C(=O)N1[C@H](C2=Nc3ccc4cc5c(cc4c3C2)COc2cc(-c3cnc(C4CCCC4)[nH]3)ccc2-5)C[C@@H]2CCC[C@@H]21)C(C)C.COC(=O)N[C@H](C(=O)N1[C@H](C2=Nc3ccc4cc5c(cc4c3C2)COc2cc(B3OC(C)(C)C(C)(C)O3)ccc2-5)C[C@@H]2CCC[C@@H]21)C(C)C. The predicted molar refractivity (Wildman–Crippen MR) is 432 cm³/mol. The molecule has 9 heterocycles. The van der Waals surface area contributed by atoms with Crippen LogP contribution < -0.4 is 25.6 Å². The summed E-state index contributed by atoms with van der Waals surface area (Å²) in [6.07, 6.45) is 22.7. The van der Waals surface area contributed by atoms with Crippen molar-refractivity contribution in [3.63, 3.8) is 0 Å². The van der Waals surface area contributed by atoms with E-state index >= 15 is 0 Å². The molecule has 0 spiro atoms. The highest BCUT2D eigenvalue weighted by atomic mass is 79.9. The summed E-state index contributed by atoms with van der Waals surface area (Å²) >= 11 is 3.36. The number of aromatic nitrogens is 4. The van der Waals surface area contributed by atoms with E-state index in [-0.39, 0.29) is 47.8 Å². The highest BCUT2D eigenvalue weighted by Crippen LogP contribution is 2.51. The van der Waals surface area contributed by atoms with E-state index < -0.39 is 42.6 Å². The Hall–Kier alpha value is -8.86. The topological polar surface area (TPSA) is 236 Å². The summed E-state index contributed by atoms with van der Waals surface area (Å²) in [7, 11) is 2.22. The van der Waals surface area contributed by atoms with Crippen LogP contribution in [0.1, 0.15) is 204 Å². The van der Waals surface area contributed by atoms with Crippen LogP contribution in [0.2, 0.25) is 0 Å². The molecule has 4 saturated carbocycles. The van der Waals surface area contributed by atoms with Crippen molar-refractivity contribution in [3.05, 3.63) is 136 Å². The third kappa shape index (κ3) is 13.7. The molecule has 4 aliphatic carbocycles. The first-order chi connectivity index (χ1) is 53.1. The number of halogens is 1. The van der Waals surface area contributed by atoms with Crippen LogP contribution in [0, 0.1) is 23.7 Å². The first-order valence-corrected chi connectivity index (χ1v) is 41.2. The zero-order valence-corrected chi connectivity index (χ0v) is 66.6. The molecule has 8 atom stereocenters. The van der Waals surface area contributed by atoms with Gasteiger partial charge in [0.1, 0.15) is 53.0 Å². The number of rotatable bonds is 12. The van der Waals surface area contributed by atoms with Gasteiger partial charge in [0.25, 0.3) is 0 Å². The third-order valence-electron chi connectivity index (χ3n) is 26.5. The van der Waals surface area contributed by atoms with Gasteiger partial charge in [-0.15, -0.1) is 0 Å². The normalized spacial score (nSPS) is 23.5. The van der Waals surface area contributed by atoms with Gasteiger partial charge in [0.15, 0.2) is 0 Å². The molecule has 574 valence electrons. The number of methoxy groups -OCH3 is 2. The largest absolute Gasteiger partial charge is 0.494 e. The quantitative estimate of drug-likeness (QED) is 0.0836. The molecular weight excluding hydrogens is 1450 g/mol. The number of benzene rings is 6. The standard InChI is InChI=1S/C41H45N5O4.C39H46BN3O6.C8H11BrN2/c1-22(2)38(45-41(48)49-3)40(47)46-35-10-6-9-26(35)17-36(46)33-19-31-29-16-27-21-50-37-18-25(34-20-42-39(44-34)23-7-4-5-8-23)11-13-28(37)30(27)15-24(29)12-14-32(31)43-33;1-21(2)35(42-37(45)46-7)36(44)43-32-10-8-9-23(32)17-33(43)31-19-29-27-16-24-20-47-34-18-25(40-48-38(3,4)39(5,6)49-40)12-13-26(34)28(24)15-22(27)11-14-30(29)41-31;9-7-5-10-8(11-7)6-3-1-2-4-6/h11-16,18,20,22-23,26,35-36,38H,4-10,17,19,21H2,1-3H3,(H,42,44)(H,45,48);11-16,18,21,23,32-33,35H,8-10,17,19-20H2,1-7H3,(H,42,45);5-6H,1-4H2,(H,10,11)/t26-,35-,36-,38-;23-,32-,33-,35-;/m00./s1. The van der Waals surface area contributed by atoms with Crippen molar-refractivity contribution in [1.82, 2.24) is 40.4 Å². The number of hydrogen-bond donors (Lipinski definition) is 4. The molecule has 4 amide bonds. The molecule has 7 fully saturated rings. The minimum Gasteiger partial charge on any atom is -0.488 e. The number of amides is 4. The second-order valence-corrected chi connectivity index (χ2v) is 35.1. The Morgan fingerprint density at radius 2 is 1.03 bits per heavy atom. The zero-order valence-electron chi connectivity index (χ0n) is 65.0. The second kappa shape index (κ2) is 29.7. The fourth-order valence-electron chi connectivity index (χ4n) is 19.9. The summed E-state index contributed by atoms with van der Waals surface area (Å²) in [5.74, 6) is 5.97. The second-order valence-electron chi connectivity index (χ2n) is 34.3. The molecule has 22 heteroatoms. The lowest BCUT2D eigenvalue weighted by molar-refractivity contribution is -0.137. The van der Waals surface area contributed by atoms with Crippen molar-refractivity contribution in [2.24, 2.45) is 33.7 Å². The van der Waals surface area contributed by atoms with E-state index in [4.69, 9.17) is 43.2 Å². The maximum atomic E-state index is 14.2. The van der Waals surface area contributed by atoms with Crippen molar-refractivity contribution in [3.8, 4) is 45.0 Å². The number of nitrogens with zero attached hydrogens (tertiary/aromatic N) is 6. The van der Waals surface area contributed by atoms with Crippen LogP contribution in [0.3, 0.4) is 0 Å². The van der Waals surface area contributed by atoms with Crippen LogP contribution in [-0.4, -0.2) is 134 Å². The first-order valence-electron chi connectivity index (χ1n) is 40.4. The molecule has 11 aliphatic rings. The van der Waals surface area contributed by atoms with Crippen molar-refractivity contribution in [2.75, 3.05) is 14.2 Å². The van der Waals surface area contributed by atoms with E-state index in [0.717, 1.165) is 141 Å². The minimum absolute atomic E-state index is 0.0249. The lowest BCUT2D eigenvalue weighted by Crippen LogP contribution is -2.56. The van der Waals surface area contributed by atoms with Crippen molar-refractivity contribution >= 4 is 96.9 Å².